The second-order valence-corrected chi connectivity index (χ2v) is 6.47. The van der Waals surface area contributed by atoms with Crippen LogP contribution in [0, 0.1) is 0 Å². The summed E-state index contributed by atoms with van der Waals surface area (Å²) in [5.74, 6) is -0.0590. The third-order valence-electron chi connectivity index (χ3n) is 4.90. The maximum absolute atomic E-state index is 13.0. The molecular weight excluding hydrogens is 302 g/mol. The van der Waals surface area contributed by atoms with Crippen LogP contribution in [0.4, 0.5) is 5.69 Å². The molecular formula is C19H25N3O2. The molecule has 24 heavy (non-hydrogen) atoms. The van der Waals surface area contributed by atoms with Crippen molar-refractivity contribution in [3.63, 3.8) is 0 Å². The number of rotatable bonds is 4. The SMILES string of the molecule is CCN(C(=O)C1=NN(c2ccccc2)C(=O)CC1)C1CCCCC1. The molecule has 0 saturated heterocycles. The summed E-state index contributed by atoms with van der Waals surface area (Å²) in [5.41, 5.74) is 1.22. The lowest BCUT2D eigenvalue weighted by Crippen LogP contribution is -2.46. The Hall–Kier alpha value is -2.17. The molecule has 1 heterocycles. The molecule has 1 fully saturated rings. The Bertz CT molecular complexity index is 621. The Morgan fingerprint density at radius 2 is 1.88 bits per heavy atom. The van der Waals surface area contributed by atoms with E-state index in [2.05, 4.69) is 5.10 Å². The third-order valence-corrected chi connectivity index (χ3v) is 4.90. The van der Waals surface area contributed by atoms with Gasteiger partial charge in [0.2, 0.25) is 5.91 Å². The van der Waals surface area contributed by atoms with E-state index in [0.29, 0.717) is 36.8 Å². The van der Waals surface area contributed by atoms with Gasteiger partial charge in [-0.2, -0.15) is 5.10 Å². The Labute approximate surface area is 143 Å². The smallest absolute Gasteiger partial charge is 0.270 e. The second-order valence-electron chi connectivity index (χ2n) is 6.47. The highest BCUT2D eigenvalue weighted by molar-refractivity contribution is 6.40. The summed E-state index contributed by atoms with van der Waals surface area (Å²) in [5, 5.41) is 5.79. The number of anilines is 1. The van der Waals surface area contributed by atoms with E-state index in [9.17, 15) is 9.59 Å². The molecule has 2 aliphatic rings. The van der Waals surface area contributed by atoms with Gasteiger partial charge >= 0.3 is 0 Å². The maximum atomic E-state index is 13.0. The van der Waals surface area contributed by atoms with Crippen molar-refractivity contribution in [2.75, 3.05) is 11.6 Å². The van der Waals surface area contributed by atoms with Crippen LogP contribution < -0.4 is 5.01 Å². The summed E-state index contributed by atoms with van der Waals surface area (Å²) in [6, 6.07) is 9.64. The molecule has 5 nitrogen and oxygen atoms in total. The summed E-state index contributed by atoms with van der Waals surface area (Å²) in [7, 11) is 0. The van der Waals surface area contributed by atoms with Crippen LogP contribution in [-0.2, 0) is 9.59 Å². The lowest BCUT2D eigenvalue weighted by Gasteiger charge is -2.34. The van der Waals surface area contributed by atoms with E-state index >= 15 is 0 Å². The zero-order chi connectivity index (χ0) is 16.9. The first-order valence-electron chi connectivity index (χ1n) is 8.97. The van der Waals surface area contributed by atoms with Crippen LogP contribution in [0.5, 0.6) is 0 Å². The molecule has 1 aliphatic heterocycles. The van der Waals surface area contributed by atoms with Crippen LogP contribution in [0.1, 0.15) is 51.9 Å². The Balaban J connectivity index is 1.81. The van der Waals surface area contributed by atoms with Gasteiger partial charge in [-0.25, -0.2) is 5.01 Å². The Kier molecular flexibility index (Phi) is 5.28. The molecule has 0 aromatic heterocycles. The monoisotopic (exact) mass is 327 g/mol. The minimum absolute atomic E-state index is 0.00201. The van der Waals surface area contributed by atoms with Gasteiger partial charge in [0.15, 0.2) is 0 Å². The highest BCUT2D eigenvalue weighted by Gasteiger charge is 2.31. The largest absolute Gasteiger partial charge is 0.335 e. The van der Waals surface area contributed by atoms with Gasteiger partial charge in [0.25, 0.3) is 5.91 Å². The quantitative estimate of drug-likeness (QED) is 0.851. The molecule has 0 bridgehead atoms. The van der Waals surface area contributed by atoms with Crippen molar-refractivity contribution in [2.24, 2.45) is 5.10 Å². The highest BCUT2D eigenvalue weighted by Crippen LogP contribution is 2.25. The molecule has 1 aromatic rings. The number of hydrogen-bond acceptors (Lipinski definition) is 3. The normalized spacial score (nSPS) is 19.1. The summed E-state index contributed by atoms with van der Waals surface area (Å²) in [6.45, 7) is 2.72. The van der Waals surface area contributed by atoms with Gasteiger partial charge in [0.1, 0.15) is 5.71 Å². The van der Waals surface area contributed by atoms with E-state index in [1.807, 2.05) is 42.2 Å². The zero-order valence-electron chi connectivity index (χ0n) is 14.3. The highest BCUT2D eigenvalue weighted by atomic mass is 16.2. The molecule has 0 atom stereocenters. The average Bonchev–Trinajstić information content (AvgIpc) is 2.64. The lowest BCUT2D eigenvalue weighted by molar-refractivity contribution is -0.127. The summed E-state index contributed by atoms with van der Waals surface area (Å²) in [4.78, 5) is 27.1. The molecule has 0 unspecified atom stereocenters. The molecule has 128 valence electrons. The van der Waals surface area contributed by atoms with E-state index in [1.165, 1.54) is 24.3 Å². The van der Waals surface area contributed by atoms with Crippen molar-refractivity contribution in [2.45, 2.75) is 57.9 Å². The predicted octanol–water partition coefficient (Wildman–Crippen LogP) is 3.35. The van der Waals surface area contributed by atoms with E-state index < -0.39 is 0 Å². The molecule has 1 saturated carbocycles. The maximum Gasteiger partial charge on any atom is 0.270 e. The first-order chi connectivity index (χ1) is 11.7. The van der Waals surface area contributed by atoms with Crippen LogP contribution in [0.2, 0.25) is 0 Å². The van der Waals surface area contributed by atoms with Gasteiger partial charge in [-0.3, -0.25) is 9.59 Å². The fourth-order valence-corrected chi connectivity index (χ4v) is 3.60. The van der Waals surface area contributed by atoms with Crippen LogP contribution in [0.3, 0.4) is 0 Å². The average molecular weight is 327 g/mol. The Morgan fingerprint density at radius 3 is 2.54 bits per heavy atom. The number of nitrogens with zero attached hydrogens (tertiary/aromatic N) is 3. The van der Waals surface area contributed by atoms with Crippen molar-refractivity contribution in [1.29, 1.82) is 0 Å². The minimum Gasteiger partial charge on any atom is -0.335 e. The van der Waals surface area contributed by atoms with E-state index in [0.717, 1.165) is 12.8 Å². The summed E-state index contributed by atoms with van der Waals surface area (Å²) in [6.07, 6.45) is 6.57. The van der Waals surface area contributed by atoms with Gasteiger partial charge in [-0.1, -0.05) is 37.5 Å². The van der Waals surface area contributed by atoms with Gasteiger partial charge < -0.3 is 4.90 Å². The summed E-state index contributed by atoms with van der Waals surface area (Å²) >= 11 is 0. The van der Waals surface area contributed by atoms with Crippen molar-refractivity contribution < 1.29 is 9.59 Å². The third kappa shape index (κ3) is 3.50. The molecule has 0 radical (unpaired) electrons. The minimum atomic E-state index is -0.0570. The van der Waals surface area contributed by atoms with E-state index in [4.69, 9.17) is 0 Å². The number of para-hydroxylation sites is 1. The number of carbonyl (C=O) groups is 2. The number of carbonyl (C=O) groups excluding carboxylic acids is 2. The van der Waals surface area contributed by atoms with Gasteiger partial charge in [-0.15, -0.1) is 0 Å². The van der Waals surface area contributed by atoms with Crippen LogP contribution in [0.25, 0.3) is 0 Å². The number of benzene rings is 1. The molecule has 0 N–H and O–H groups in total. The topological polar surface area (TPSA) is 53.0 Å². The zero-order valence-corrected chi connectivity index (χ0v) is 14.3. The fourth-order valence-electron chi connectivity index (χ4n) is 3.60. The van der Waals surface area contributed by atoms with Gasteiger partial charge in [0.05, 0.1) is 5.69 Å². The number of amides is 2. The van der Waals surface area contributed by atoms with Crippen LogP contribution in [-0.4, -0.2) is 35.0 Å². The Morgan fingerprint density at radius 1 is 1.17 bits per heavy atom. The second kappa shape index (κ2) is 7.60. The van der Waals surface area contributed by atoms with E-state index in [1.54, 1.807) is 0 Å². The lowest BCUT2D eigenvalue weighted by atomic mass is 9.93. The van der Waals surface area contributed by atoms with Crippen LogP contribution in [0.15, 0.2) is 35.4 Å². The number of hydrogen-bond donors (Lipinski definition) is 0. The van der Waals surface area contributed by atoms with Crippen LogP contribution >= 0.6 is 0 Å². The fraction of sp³-hybridized carbons (Fsp3) is 0.526. The van der Waals surface area contributed by atoms with Gasteiger partial charge in [-0.05, 0) is 31.9 Å². The molecule has 0 spiro atoms. The molecule has 5 heteroatoms. The summed E-state index contributed by atoms with van der Waals surface area (Å²) < 4.78 is 0. The van der Waals surface area contributed by atoms with Crippen molar-refractivity contribution >= 4 is 23.2 Å². The van der Waals surface area contributed by atoms with Crippen molar-refractivity contribution in [3.8, 4) is 0 Å². The first kappa shape index (κ1) is 16.7. The molecule has 2 amide bonds. The molecule has 1 aliphatic carbocycles. The van der Waals surface area contributed by atoms with Gasteiger partial charge in [0, 0.05) is 25.4 Å². The molecule has 1 aromatic carbocycles. The molecule has 3 rings (SSSR count). The van der Waals surface area contributed by atoms with Crippen molar-refractivity contribution in [3.05, 3.63) is 30.3 Å². The number of hydrazone groups is 1. The predicted molar refractivity (Wildman–Crippen MR) is 94.9 cm³/mol. The standard InChI is InChI=1S/C19H25N3O2/c1-2-21(15-9-5-3-6-10-15)19(24)17-13-14-18(23)22(20-17)16-11-7-4-8-12-16/h4,7-8,11-12,15H,2-3,5-6,9-10,13-14H2,1H3. The first-order valence-corrected chi connectivity index (χ1v) is 8.97. The van der Waals surface area contributed by atoms with Crippen molar-refractivity contribution in [1.82, 2.24) is 4.90 Å². The van der Waals surface area contributed by atoms with E-state index in [-0.39, 0.29) is 11.8 Å².